The Kier molecular flexibility index (Phi) is 4.80. The van der Waals surface area contributed by atoms with Crippen LogP contribution >= 0.6 is 0 Å². The minimum atomic E-state index is 0.121. The van der Waals surface area contributed by atoms with E-state index in [-0.39, 0.29) is 11.3 Å². The minimum Gasteiger partial charge on any atom is -0.355 e. The maximum absolute atomic E-state index is 12.3. The van der Waals surface area contributed by atoms with Gasteiger partial charge in [-0.2, -0.15) is 0 Å². The van der Waals surface area contributed by atoms with Crippen molar-refractivity contribution in [1.82, 2.24) is 5.32 Å². The van der Waals surface area contributed by atoms with Crippen molar-refractivity contribution in [1.29, 1.82) is 0 Å². The maximum Gasteiger partial charge on any atom is 0.224 e. The summed E-state index contributed by atoms with van der Waals surface area (Å²) in [6.45, 7) is 2.81. The number of hydrogen-bond acceptors (Lipinski definition) is 1. The lowest BCUT2D eigenvalue weighted by atomic mass is 9.79. The van der Waals surface area contributed by atoms with Crippen molar-refractivity contribution in [3.63, 3.8) is 0 Å². The zero-order valence-electron chi connectivity index (χ0n) is 13.8. The molecule has 0 heterocycles. The first kappa shape index (κ1) is 15.8. The summed E-state index contributed by atoms with van der Waals surface area (Å²) < 4.78 is 0. The highest BCUT2D eigenvalue weighted by Gasteiger charge is 2.35. The second kappa shape index (κ2) is 6.99. The van der Waals surface area contributed by atoms with Crippen LogP contribution in [-0.4, -0.2) is 12.5 Å². The van der Waals surface area contributed by atoms with Gasteiger partial charge in [0.2, 0.25) is 5.91 Å². The van der Waals surface area contributed by atoms with Gasteiger partial charge in [-0.25, -0.2) is 0 Å². The number of carbonyl (C=O) groups excluding carboxylic acids is 1. The van der Waals surface area contributed by atoms with E-state index in [1.165, 1.54) is 36.8 Å². The third kappa shape index (κ3) is 3.82. The Hall–Kier alpha value is -2.09. The fourth-order valence-electron chi connectivity index (χ4n) is 3.63. The van der Waals surface area contributed by atoms with Gasteiger partial charge in [-0.05, 0) is 30.9 Å². The normalized spacial score (nSPS) is 16.2. The van der Waals surface area contributed by atoms with E-state index in [2.05, 4.69) is 54.7 Å². The number of nitrogens with one attached hydrogen (secondary N) is 1. The van der Waals surface area contributed by atoms with Crippen LogP contribution in [0.3, 0.4) is 0 Å². The average molecular weight is 307 g/mol. The minimum absolute atomic E-state index is 0.121. The Labute approximate surface area is 138 Å². The van der Waals surface area contributed by atoms with Crippen LogP contribution in [0.2, 0.25) is 0 Å². The number of carbonyl (C=O) groups is 1. The van der Waals surface area contributed by atoms with Crippen LogP contribution in [0.25, 0.3) is 0 Å². The van der Waals surface area contributed by atoms with Crippen LogP contribution in [0.15, 0.2) is 54.6 Å². The molecule has 0 atom stereocenters. The second-order valence-electron chi connectivity index (χ2n) is 6.79. The third-order valence-electron chi connectivity index (χ3n) is 5.06. The molecule has 0 unspecified atom stereocenters. The lowest BCUT2D eigenvalue weighted by Crippen LogP contribution is -2.39. The first-order valence-corrected chi connectivity index (χ1v) is 8.56. The third-order valence-corrected chi connectivity index (χ3v) is 5.06. The molecule has 1 amide bonds. The number of aryl methyl sites for hydroxylation is 1. The largest absolute Gasteiger partial charge is 0.355 e. The lowest BCUT2D eigenvalue weighted by Gasteiger charge is -2.30. The highest BCUT2D eigenvalue weighted by atomic mass is 16.1. The molecular formula is C21H25NO. The maximum atomic E-state index is 12.3. The smallest absolute Gasteiger partial charge is 0.224 e. The lowest BCUT2D eigenvalue weighted by molar-refractivity contribution is -0.120. The average Bonchev–Trinajstić information content (AvgIpc) is 3.06. The van der Waals surface area contributed by atoms with Gasteiger partial charge < -0.3 is 5.32 Å². The molecule has 2 aromatic carbocycles. The Balaban J connectivity index is 1.63. The molecule has 0 radical (unpaired) electrons. The van der Waals surface area contributed by atoms with E-state index in [0.29, 0.717) is 6.42 Å². The summed E-state index contributed by atoms with van der Waals surface area (Å²) in [7, 11) is 0. The monoisotopic (exact) mass is 307 g/mol. The molecule has 23 heavy (non-hydrogen) atoms. The number of hydrogen-bond donors (Lipinski definition) is 1. The molecule has 0 spiro atoms. The van der Waals surface area contributed by atoms with E-state index in [1.807, 2.05) is 12.1 Å². The van der Waals surface area contributed by atoms with E-state index in [4.69, 9.17) is 0 Å². The van der Waals surface area contributed by atoms with E-state index in [1.54, 1.807) is 0 Å². The molecule has 1 N–H and O–H groups in total. The summed E-state index contributed by atoms with van der Waals surface area (Å²) in [5.41, 5.74) is 3.80. The van der Waals surface area contributed by atoms with Crippen molar-refractivity contribution < 1.29 is 4.79 Å². The van der Waals surface area contributed by atoms with Gasteiger partial charge in [-0.3, -0.25) is 4.79 Å². The molecule has 1 saturated carbocycles. The van der Waals surface area contributed by atoms with Gasteiger partial charge in [0.15, 0.2) is 0 Å². The Morgan fingerprint density at radius 2 is 1.65 bits per heavy atom. The first-order chi connectivity index (χ1) is 11.2. The second-order valence-corrected chi connectivity index (χ2v) is 6.79. The molecule has 3 rings (SSSR count). The molecule has 2 aromatic rings. The van der Waals surface area contributed by atoms with Gasteiger partial charge in [-0.1, -0.05) is 73.0 Å². The first-order valence-electron chi connectivity index (χ1n) is 8.56. The summed E-state index contributed by atoms with van der Waals surface area (Å²) in [4.78, 5) is 12.3. The molecule has 1 fully saturated rings. The SMILES string of the molecule is Cc1ccc(CC(=O)NCC2(c3ccccc3)CCCC2)cc1. The van der Waals surface area contributed by atoms with Gasteiger partial charge in [0.05, 0.1) is 6.42 Å². The molecule has 1 aliphatic rings. The fraction of sp³-hybridized carbons (Fsp3) is 0.381. The molecule has 2 heteroatoms. The van der Waals surface area contributed by atoms with Gasteiger partial charge in [0.25, 0.3) is 0 Å². The van der Waals surface area contributed by atoms with E-state index in [0.717, 1.165) is 12.1 Å². The van der Waals surface area contributed by atoms with Crippen LogP contribution in [0.5, 0.6) is 0 Å². The molecule has 0 aliphatic heterocycles. The summed E-state index contributed by atoms with van der Waals surface area (Å²) in [6, 6.07) is 18.9. The number of amides is 1. The van der Waals surface area contributed by atoms with Crippen molar-refractivity contribution in [3.8, 4) is 0 Å². The summed E-state index contributed by atoms with van der Waals surface area (Å²) in [6.07, 6.45) is 5.31. The topological polar surface area (TPSA) is 29.1 Å². The van der Waals surface area contributed by atoms with Crippen LogP contribution in [-0.2, 0) is 16.6 Å². The number of rotatable bonds is 5. The van der Waals surface area contributed by atoms with Crippen LogP contribution in [0.4, 0.5) is 0 Å². The van der Waals surface area contributed by atoms with Crippen LogP contribution in [0, 0.1) is 6.92 Å². The molecule has 0 aromatic heterocycles. The highest BCUT2D eigenvalue weighted by Crippen LogP contribution is 2.40. The van der Waals surface area contributed by atoms with Gasteiger partial charge in [0.1, 0.15) is 0 Å². The van der Waals surface area contributed by atoms with E-state index in [9.17, 15) is 4.79 Å². The zero-order valence-corrected chi connectivity index (χ0v) is 13.8. The van der Waals surface area contributed by atoms with Crippen molar-refractivity contribution in [3.05, 3.63) is 71.3 Å². The zero-order chi connectivity index (χ0) is 16.1. The summed E-state index contributed by atoms with van der Waals surface area (Å²) in [5, 5.41) is 3.19. The molecule has 0 saturated heterocycles. The van der Waals surface area contributed by atoms with Crippen LogP contribution in [0.1, 0.15) is 42.4 Å². The molecular weight excluding hydrogens is 282 g/mol. The fourth-order valence-corrected chi connectivity index (χ4v) is 3.63. The van der Waals surface area contributed by atoms with Crippen molar-refractivity contribution in [2.24, 2.45) is 0 Å². The Morgan fingerprint density at radius 1 is 1.00 bits per heavy atom. The van der Waals surface area contributed by atoms with Crippen LogP contribution < -0.4 is 5.32 Å². The highest BCUT2D eigenvalue weighted by molar-refractivity contribution is 5.78. The predicted octanol–water partition coefficient (Wildman–Crippen LogP) is 4.17. The van der Waals surface area contributed by atoms with Crippen molar-refractivity contribution in [2.75, 3.05) is 6.54 Å². The van der Waals surface area contributed by atoms with E-state index >= 15 is 0 Å². The molecule has 0 bridgehead atoms. The predicted molar refractivity (Wildman–Crippen MR) is 94.5 cm³/mol. The standard InChI is InChI=1S/C21H25NO/c1-17-9-11-18(12-10-17)15-20(23)22-16-21(13-5-6-14-21)19-7-3-2-4-8-19/h2-4,7-12H,5-6,13-16H2,1H3,(H,22,23). The number of benzene rings is 2. The van der Waals surface area contributed by atoms with Crippen molar-refractivity contribution in [2.45, 2.75) is 44.4 Å². The van der Waals surface area contributed by atoms with Gasteiger partial charge in [-0.15, -0.1) is 0 Å². The molecule has 1 aliphatic carbocycles. The summed E-state index contributed by atoms with van der Waals surface area (Å²) >= 11 is 0. The van der Waals surface area contributed by atoms with Crippen molar-refractivity contribution >= 4 is 5.91 Å². The quantitative estimate of drug-likeness (QED) is 0.882. The Morgan fingerprint density at radius 3 is 2.30 bits per heavy atom. The Bertz CT molecular complexity index is 639. The molecule has 120 valence electrons. The van der Waals surface area contributed by atoms with Gasteiger partial charge >= 0.3 is 0 Å². The summed E-state index contributed by atoms with van der Waals surface area (Å²) in [5.74, 6) is 0.121. The molecule has 2 nitrogen and oxygen atoms in total. The van der Waals surface area contributed by atoms with E-state index < -0.39 is 0 Å². The van der Waals surface area contributed by atoms with Gasteiger partial charge in [0, 0.05) is 12.0 Å².